The molecule has 0 aromatic heterocycles. The van der Waals surface area contributed by atoms with Crippen molar-refractivity contribution in [3.63, 3.8) is 0 Å². The second kappa shape index (κ2) is 24.5. The Labute approximate surface area is 411 Å². The number of hydrogen-bond donors (Lipinski definition) is 3. The number of oxime groups is 1. The molecule has 0 saturated heterocycles. The van der Waals surface area contributed by atoms with E-state index >= 15 is 4.79 Å². The van der Waals surface area contributed by atoms with Gasteiger partial charge in [-0.3, -0.25) is 14.9 Å². The van der Waals surface area contributed by atoms with Crippen LogP contribution in [0.2, 0.25) is 0 Å². The summed E-state index contributed by atoms with van der Waals surface area (Å²) in [5, 5.41) is 48.4. The molecule has 374 valence electrons. The lowest BCUT2D eigenvalue weighted by Crippen LogP contribution is -2.70. The maximum atomic E-state index is 15.1. The van der Waals surface area contributed by atoms with Crippen molar-refractivity contribution in [3.05, 3.63) is 130 Å². The van der Waals surface area contributed by atoms with E-state index in [1.165, 1.54) is 25.0 Å². The number of carbonyl (C=O) groups is 1. The van der Waals surface area contributed by atoms with E-state index < -0.39 is 22.7 Å². The fraction of sp³-hybridized carbons (Fsp3) is 0.500. The zero-order valence-electron chi connectivity index (χ0n) is 40.2. The van der Waals surface area contributed by atoms with E-state index in [0.717, 1.165) is 66.9 Å². The van der Waals surface area contributed by atoms with Gasteiger partial charge in [-0.2, -0.15) is 0 Å². The molecule has 3 N–H and O–H groups in total. The molecule has 4 aromatic carbocycles. The van der Waals surface area contributed by atoms with Crippen LogP contribution in [0.1, 0.15) is 101 Å². The quantitative estimate of drug-likeness (QED) is 0.0236. The van der Waals surface area contributed by atoms with Crippen LogP contribution in [0.5, 0.6) is 17.2 Å². The molecule has 0 bridgehead atoms. The van der Waals surface area contributed by atoms with Gasteiger partial charge >= 0.3 is 0 Å². The number of non-ortho nitro benzene ring substituents is 1. The van der Waals surface area contributed by atoms with Crippen LogP contribution in [-0.2, 0) is 25.7 Å². The zero-order valence-corrected chi connectivity index (χ0v) is 40.2. The molecule has 14 heteroatoms. The number of nitro groups is 1. The van der Waals surface area contributed by atoms with Gasteiger partial charge in [-0.25, -0.2) is 0 Å². The summed E-state index contributed by atoms with van der Waals surface area (Å²) in [5.41, 5.74) is 3.14. The summed E-state index contributed by atoms with van der Waals surface area (Å²) in [5.74, 6) is 0.132. The number of ether oxygens (including phenoxy) is 4. The van der Waals surface area contributed by atoms with Crippen LogP contribution in [-0.4, -0.2) is 94.8 Å². The number of benzene rings is 4. The molecule has 0 unspecified atom stereocenters. The molecule has 1 amide bonds. The van der Waals surface area contributed by atoms with Gasteiger partial charge in [0.15, 0.2) is 0 Å². The van der Waals surface area contributed by atoms with Gasteiger partial charge in [-0.15, -0.1) is 6.58 Å². The first kappa shape index (κ1) is 50.7. The van der Waals surface area contributed by atoms with E-state index in [1.54, 1.807) is 18.2 Å². The fourth-order valence-electron chi connectivity index (χ4n) is 11.5. The van der Waals surface area contributed by atoms with Crippen molar-refractivity contribution in [2.45, 2.75) is 108 Å². The normalized spacial score (nSPS) is 23.3. The topological polar surface area (TPSA) is 183 Å². The van der Waals surface area contributed by atoms with Crippen molar-refractivity contribution in [1.82, 2.24) is 4.90 Å². The second-order valence-electron chi connectivity index (χ2n) is 19.2. The highest BCUT2D eigenvalue weighted by Crippen LogP contribution is 2.62. The minimum atomic E-state index is -1.46. The van der Waals surface area contributed by atoms with Crippen molar-refractivity contribution in [1.29, 1.82) is 0 Å². The number of hydrogen-bond acceptors (Lipinski definition) is 12. The Morgan fingerprint density at radius 2 is 1.63 bits per heavy atom. The van der Waals surface area contributed by atoms with Gasteiger partial charge in [0.05, 0.1) is 43.0 Å². The maximum Gasteiger partial charge on any atom is 0.269 e. The Morgan fingerprint density at radius 1 is 0.886 bits per heavy atom. The Kier molecular flexibility index (Phi) is 17.7. The Balaban J connectivity index is 1.29. The largest absolute Gasteiger partial charge is 0.459 e. The van der Waals surface area contributed by atoms with Crippen LogP contribution in [0.4, 0.5) is 5.69 Å². The van der Waals surface area contributed by atoms with Crippen molar-refractivity contribution >= 4 is 28.1 Å². The van der Waals surface area contributed by atoms with Crippen LogP contribution < -0.4 is 9.47 Å². The van der Waals surface area contributed by atoms with E-state index in [4.69, 9.17) is 28.9 Å². The van der Waals surface area contributed by atoms with Gasteiger partial charge in [-0.05, 0) is 114 Å². The number of rotatable bonds is 26. The number of allylic oxidation sites excluding steroid dienone is 1. The average Bonchev–Trinajstić information content (AvgIpc) is 3.91. The summed E-state index contributed by atoms with van der Waals surface area (Å²) in [6, 6.07) is 25.6. The lowest BCUT2D eigenvalue weighted by atomic mass is 9.55. The molecule has 14 nitrogen and oxygen atoms in total. The van der Waals surface area contributed by atoms with Gasteiger partial charge in [0, 0.05) is 56.2 Å². The first-order valence-electron chi connectivity index (χ1n) is 25.3. The van der Waals surface area contributed by atoms with Crippen molar-refractivity contribution in [3.8, 4) is 17.2 Å². The standard InChI is InChI=1S/C56H69N3O11/c1-2-31-67-56-52(58(27-32-66-33-30-62)53(63)26-19-39-11-3-4-12-39)37-50(57-68-38-40-17-21-44(22-18-40)59(64)65)48-35-43(15-7-9-28-60)47(16-8-10-29-61)54(55(48)56)49-36-46(24-25-51(49)70-56)69-45-23-20-41-13-5-6-14-42(41)34-45/h2,5-6,13-14,17-18,20-25,34-36,39,43,47,52,54-55,60-62H,1,3-4,7-12,15-16,19,26-33,37-38H2/t43-,47+,52-,54+,55+,56+/m0/s1. The third kappa shape index (κ3) is 11.7. The molecular weight excluding hydrogens is 891 g/mol. The second-order valence-corrected chi connectivity index (χ2v) is 19.2. The average molecular weight is 960 g/mol. The van der Waals surface area contributed by atoms with E-state index in [0.29, 0.717) is 53.7 Å². The van der Waals surface area contributed by atoms with Crippen molar-refractivity contribution in [2.75, 3.05) is 46.2 Å². The fourth-order valence-corrected chi connectivity index (χ4v) is 11.5. The van der Waals surface area contributed by atoms with Crippen molar-refractivity contribution in [2.24, 2.45) is 28.8 Å². The Bertz CT molecular complexity index is 2450. The molecular formula is C56H69N3O11. The first-order chi connectivity index (χ1) is 34.3. The van der Waals surface area contributed by atoms with Crippen LogP contribution in [0, 0.1) is 33.8 Å². The molecule has 4 aliphatic rings. The summed E-state index contributed by atoms with van der Waals surface area (Å²) in [4.78, 5) is 34.2. The molecule has 0 spiro atoms. The molecule has 1 heterocycles. The summed E-state index contributed by atoms with van der Waals surface area (Å²) >= 11 is 0. The lowest BCUT2D eigenvalue weighted by molar-refractivity contribution is -0.384. The van der Waals surface area contributed by atoms with Crippen LogP contribution in [0.3, 0.4) is 0 Å². The predicted octanol–water partition coefficient (Wildman–Crippen LogP) is 10.2. The van der Waals surface area contributed by atoms with Gasteiger partial charge < -0.3 is 44.0 Å². The summed E-state index contributed by atoms with van der Waals surface area (Å²) < 4.78 is 27.2. The molecule has 3 aliphatic carbocycles. The molecule has 6 atom stereocenters. The number of aliphatic hydroxyl groups excluding tert-OH is 3. The number of nitrogens with zero attached hydrogens (tertiary/aromatic N) is 3. The van der Waals surface area contributed by atoms with Gasteiger partial charge in [0.1, 0.15) is 29.9 Å². The highest BCUT2D eigenvalue weighted by Gasteiger charge is 2.65. The van der Waals surface area contributed by atoms with Gasteiger partial charge in [0.2, 0.25) is 11.7 Å². The summed E-state index contributed by atoms with van der Waals surface area (Å²) in [6.07, 6.45) is 14.2. The summed E-state index contributed by atoms with van der Waals surface area (Å²) in [6.45, 7) is 4.72. The number of fused-ring (bicyclic) bond motifs is 3. The van der Waals surface area contributed by atoms with Crippen LogP contribution in [0.25, 0.3) is 10.8 Å². The van der Waals surface area contributed by atoms with Gasteiger partial charge in [0.25, 0.3) is 5.69 Å². The van der Waals surface area contributed by atoms with E-state index in [9.17, 15) is 25.4 Å². The molecule has 2 saturated carbocycles. The molecule has 0 radical (unpaired) electrons. The van der Waals surface area contributed by atoms with Crippen LogP contribution in [0.15, 0.2) is 114 Å². The molecule has 8 rings (SSSR count). The number of nitro benzene ring substituents is 1. The highest BCUT2D eigenvalue weighted by molar-refractivity contribution is 6.03. The highest BCUT2D eigenvalue weighted by atomic mass is 16.7. The Morgan fingerprint density at radius 3 is 2.37 bits per heavy atom. The smallest absolute Gasteiger partial charge is 0.269 e. The third-order valence-electron chi connectivity index (χ3n) is 14.8. The zero-order chi connectivity index (χ0) is 48.9. The molecule has 4 aromatic rings. The van der Waals surface area contributed by atoms with Crippen molar-refractivity contribution < 1.29 is 48.8 Å². The first-order valence-corrected chi connectivity index (χ1v) is 25.3. The number of aliphatic hydroxyl groups is 3. The number of carbonyl (C=O) groups excluding carboxylic acids is 1. The lowest BCUT2D eigenvalue weighted by Gasteiger charge is -2.60. The molecule has 2 fully saturated rings. The minimum Gasteiger partial charge on any atom is -0.459 e. The molecule has 70 heavy (non-hydrogen) atoms. The van der Waals surface area contributed by atoms with Gasteiger partial charge in [-0.1, -0.05) is 86.2 Å². The summed E-state index contributed by atoms with van der Waals surface area (Å²) in [7, 11) is 0. The van der Waals surface area contributed by atoms with Crippen LogP contribution >= 0.6 is 0 Å². The number of amides is 1. The maximum absolute atomic E-state index is 15.1. The minimum absolute atomic E-state index is 0.00435. The molecule has 1 aliphatic heterocycles. The van der Waals surface area contributed by atoms with E-state index in [1.807, 2.05) is 47.4 Å². The monoisotopic (exact) mass is 959 g/mol. The SMILES string of the molecule is C=CCO[C@@]12Oc3ccc(Oc4ccc5ccccc5c4)cc3[C@H]3[C@H](CCCCO)[C@@H](CCCCO)C=C(C(=NOCc4ccc([N+](=O)[O-])cc4)C[C@@H]1N(CCOCCO)C(=O)CCC1CCCC1)[C@H]32. The van der Waals surface area contributed by atoms with E-state index in [-0.39, 0.29) is 88.6 Å². The third-order valence-corrected chi connectivity index (χ3v) is 14.8. The van der Waals surface area contributed by atoms with E-state index in [2.05, 4.69) is 30.9 Å². The Hall–Kier alpha value is -5.64. The predicted molar refractivity (Wildman–Crippen MR) is 268 cm³/mol. The number of unbranched alkanes of at least 4 members (excludes halogenated alkanes) is 2.